The highest BCUT2D eigenvalue weighted by molar-refractivity contribution is 5.64. The second kappa shape index (κ2) is 4.23. The van der Waals surface area contributed by atoms with Gasteiger partial charge in [0, 0.05) is 12.0 Å². The van der Waals surface area contributed by atoms with Gasteiger partial charge in [0.25, 0.3) is 0 Å². The standard InChI is InChI=1S/C11H11FN2O/c12-9-3-1-8(2-4-9)10-7-15-14-11(10)5-6-13/h1-4,7H,5-6,13H2. The number of hydrogen-bond donors (Lipinski definition) is 1. The van der Waals surface area contributed by atoms with Crippen LogP contribution in [0.1, 0.15) is 5.69 Å². The third-order valence-electron chi connectivity index (χ3n) is 2.18. The summed E-state index contributed by atoms with van der Waals surface area (Å²) in [5.74, 6) is -0.254. The molecule has 1 aromatic carbocycles. The molecule has 2 rings (SSSR count). The molecule has 0 bridgehead atoms. The third-order valence-corrected chi connectivity index (χ3v) is 2.18. The van der Waals surface area contributed by atoms with E-state index in [2.05, 4.69) is 5.16 Å². The lowest BCUT2D eigenvalue weighted by atomic mass is 10.1. The molecule has 15 heavy (non-hydrogen) atoms. The molecule has 1 heterocycles. The average Bonchev–Trinajstić information content (AvgIpc) is 2.68. The van der Waals surface area contributed by atoms with Gasteiger partial charge < -0.3 is 10.3 Å². The highest BCUT2D eigenvalue weighted by Crippen LogP contribution is 2.23. The van der Waals surface area contributed by atoms with Gasteiger partial charge in [-0.15, -0.1) is 0 Å². The molecular formula is C11H11FN2O. The fraction of sp³-hybridized carbons (Fsp3) is 0.182. The lowest BCUT2D eigenvalue weighted by Crippen LogP contribution is -2.03. The number of nitrogens with zero attached hydrogens (tertiary/aromatic N) is 1. The van der Waals surface area contributed by atoms with E-state index < -0.39 is 0 Å². The number of rotatable bonds is 3. The van der Waals surface area contributed by atoms with Gasteiger partial charge in [0.2, 0.25) is 0 Å². The summed E-state index contributed by atoms with van der Waals surface area (Å²) in [5, 5.41) is 3.86. The molecule has 2 aromatic rings. The van der Waals surface area contributed by atoms with Crippen molar-refractivity contribution in [2.24, 2.45) is 5.73 Å². The van der Waals surface area contributed by atoms with E-state index in [1.54, 1.807) is 18.4 Å². The highest BCUT2D eigenvalue weighted by Gasteiger charge is 2.08. The van der Waals surface area contributed by atoms with Gasteiger partial charge in [-0.25, -0.2) is 4.39 Å². The van der Waals surface area contributed by atoms with Gasteiger partial charge in [-0.1, -0.05) is 17.3 Å². The van der Waals surface area contributed by atoms with Crippen LogP contribution in [0.3, 0.4) is 0 Å². The van der Waals surface area contributed by atoms with Gasteiger partial charge in [0.05, 0.1) is 5.69 Å². The number of nitrogens with two attached hydrogens (primary N) is 1. The molecule has 0 aliphatic rings. The zero-order valence-corrected chi connectivity index (χ0v) is 8.11. The van der Waals surface area contributed by atoms with Crippen molar-refractivity contribution in [3.05, 3.63) is 42.0 Å². The summed E-state index contributed by atoms with van der Waals surface area (Å²) in [5.41, 5.74) is 8.02. The molecule has 0 aliphatic carbocycles. The van der Waals surface area contributed by atoms with E-state index in [1.165, 1.54) is 12.1 Å². The van der Waals surface area contributed by atoms with Gasteiger partial charge in [-0.05, 0) is 24.2 Å². The Bertz CT molecular complexity index is 436. The summed E-state index contributed by atoms with van der Waals surface area (Å²) >= 11 is 0. The number of halogens is 1. The lowest BCUT2D eigenvalue weighted by Gasteiger charge is -1.99. The van der Waals surface area contributed by atoms with E-state index in [9.17, 15) is 4.39 Å². The molecule has 2 N–H and O–H groups in total. The molecule has 0 aliphatic heterocycles. The Morgan fingerprint density at radius 2 is 2.00 bits per heavy atom. The zero-order valence-electron chi connectivity index (χ0n) is 8.11. The summed E-state index contributed by atoms with van der Waals surface area (Å²) in [6, 6.07) is 6.22. The van der Waals surface area contributed by atoms with Gasteiger partial charge >= 0.3 is 0 Å². The minimum Gasteiger partial charge on any atom is -0.364 e. The normalized spacial score (nSPS) is 10.5. The van der Waals surface area contributed by atoms with Crippen LogP contribution in [0.4, 0.5) is 4.39 Å². The first-order valence-corrected chi connectivity index (χ1v) is 4.70. The van der Waals surface area contributed by atoms with Crippen LogP contribution in [0.25, 0.3) is 11.1 Å². The second-order valence-corrected chi connectivity index (χ2v) is 3.22. The van der Waals surface area contributed by atoms with Crippen molar-refractivity contribution < 1.29 is 8.91 Å². The van der Waals surface area contributed by atoms with Crippen molar-refractivity contribution in [2.75, 3.05) is 6.54 Å². The molecule has 0 unspecified atom stereocenters. The second-order valence-electron chi connectivity index (χ2n) is 3.22. The Balaban J connectivity index is 2.36. The predicted octanol–water partition coefficient (Wildman–Crippen LogP) is 1.98. The molecule has 4 heteroatoms. The summed E-state index contributed by atoms with van der Waals surface area (Å²) in [6.07, 6.45) is 2.21. The van der Waals surface area contributed by atoms with Crippen LogP contribution in [0.5, 0.6) is 0 Å². The summed E-state index contributed by atoms with van der Waals surface area (Å²) in [7, 11) is 0. The van der Waals surface area contributed by atoms with E-state index in [1.807, 2.05) is 0 Å². The smallest absolute Gasteiger partial charge is 0.131 e. The van der Waals surface area contributed by atoms with Gasteiger partial charge in [0.1, 0.15) is 12.1 Å². The minimum absolute atomic E-state index is 0.254. The first-order chi connectivity index (χ1) is 7.31. The molecule has 78 valence electrons. The Morgan fingerprint density at radius 3 is 2.67 bits per heavy atom. The number of benzene rings is 1. The van der Waals surface area contributed by atoms with Crippen molar-refractivity contribution in [1.82, 2.24) is 5.16 Å². The van der Waals surface area contributed by atoms with E-state index >= 15 is 0 Å². The zero-order chi connectivity index (χ0) is 10.7. The summed E-state index contributed by atoms with van der Waals surface area (Å²) in [4.78, 5) is 0. The molecule has 0 spiro atoms. The maximum absolute atomic E-state index is 12.7. The first-order valence-electron chi connectivity index (χ1n) is 4.70. The Hall–Kier alpha value is -1.68. The minimum atomic E-state index is -0.254. The van der Waals surface area contributed by atoms with Crippen LogP contribution in [0, 0.1) is 5.82 Å². The average molecular weight is 206 g/mol. The largest absolute Gasteiger partial charge is 0.364 e. The molecule has 1 aromatic heterocycles. The Kier molecular flexibility index (Phi) is 2.78. The lowest BCUT2D eigenvalue weighted by molar-refractivity contribution is 0.412. The molecular weight excluding hydrogens is 195 g/mol. The van der Waals surface area contributed by atoms with Gasteiger partial charge in [-0.2, -0.15) is 0 Å². The molecule has 0 radical (unpaired) electrons. The number of hydrogen-bond acceptors (Lipinski definition) is 3. The summed E-state index contributed by atoms with van der Waals surface area (Å²) in [6.45, 7) is 0.515. The van der Waals surface area contributed by atoms with Crippen LogP contribution < -0.4 is 5.73 Å². The van der Waals surface area contributed by atoms with Gasteiger partial charge in [0.15, 0.2) is 0 Å². The topological polar surface area (TPSA) is 52.0 Å². The first kappa shape index (κ1) is 9.86. The van der Waals surface area contributed by atoms with E-state index in [-0.39, 0.29) is 5.82 Å². The van der Waals surface area contributed by atoms with Gasteiger partial charge in [-0.3, -0.25) is 0 Å². The predicted molar refractivity (Wildman–Crippen MR) is 54.7 cm³/mol. The maximum atomic E-state index is 12.7. The third kappa shape index (κ3) is 2.05. The fourth-order valence-electron chi connectivity index (χ4n) is 1.44. The van der Waals surface area contributed by atoms with Crippen molar-refractivity contribution in [3.63, 3.8) is 0 Å². The molecule has 3 nitrogen and oxygen atoms in total. The molecule has 0 fully saturated rings. The van der Waals surface area contributed by atoms with E-state index in [4.69, 9.17) is 10.3 Å². The molecule has 0 saturated carbocycles. The van der Waals surface area contributed by atoms with Crippen LogP contribution >= 0.6 is 0 Å². The van der Waals surface area contributed by atoms with Crippen LogP contribution in [0.2, 0.25) is 0 Å². The van der Waals surface area contributed by atoms with Crippen molar-refractivity contribution in [3.8, 4) is 11.1 Å². The molecule has 0 saturated heterocycles. The van der Waals surface area contributed by atoms with Crippen molar-refractivity contribution >= 4 is 0 Å². The molecule has 0 atom stereocenters. The van der Waals surface area contributed by atoms with Crippen molar-refractivity contribution in [2.45, 2.75) is 6.42 Å². The van der Waals surface area contributed by atoms with Crippen LogP contribution in [-0.4, -0.2) is 11.7 Å². The Labute approximate surface area is 86.7 Å². The van der Waals surface area contributed by atoms with E-state index in [0.717, 1.165) is 16.8 Å². The van der Waals surface area contributed by atoms with Crippen LogP contribution in [0.15, 0.2) is 35.1 Å². The molecule has 0 amide bonds. The monoisotopic (exact) mass is 206 g/mol. The fourth-order valence-corrected chi connectivity index (χ4v) is 1.44. The van der Waals surface area contributed by atoms with E-state index in [0.29, 0.717) is 13.0 Å². The summed E-state index contributed by atoms with van der Waals surface area (Å²) < 4.78 is 17.6. The quantitative estimate of drug-likeness (QED) is 0.835. The Morgan fingerprint density at radius 1 is 1.27 bits per heavy atom. The number of aromatic nitrogens is 1. The maximum Gasteiger partial charge on any atom is 0.131 e. The van der Waals surface area contributed by atoms with Crippen molar-refractivity contribution in [1.29, 1.82) is 0 Å². The van der Waals surface area contributed by atoms with Crippen LogP contribution in [-0.2, 0) is 6.42 Å². The SMILES string of the molecule is NCCc1nocc1-c1ccc(F)cc1. The highest BCUT2D eigenvalue weighted by atomic mass is 19.1.